The van der Waals surface area contributed by atoms with Gasteiger partial charge in [0.25, 0.3) is 5.91 Å². The van der Waals surface area contributed by atoms with Crippen LogP contribution in [0.1, 0.15) is 32.4 Å². The standard InChI is InChI=1S/C24H22N2O2S/c1-16-6-8-18(9-7-16)23(28)25-20-12-10-19(11-13-20)24-26(22(27)15-29-24)21-5-3-4-17(2)14-21/h3-14,24H,15H2,1-2H3,(H,25,28)/t24-/m1/s1. The molecule has 0 spiro atoms. The van der Waals surface area contributed by atoms with Gasteiger partial charge in [-0.2, -0.15) is 0 Å². The molecule has 5 heteroatoms. The maximum Gasteiger partial charge on any atom is 0.255 e. The first kappa shape index (κ1) is 19.3. The van der Waals surface area contributed by atoms with Crippen molar-refractivity contribution in [1.29, 1.82) is 0 Å². The number of carbonyl (C=O) groups excluding carboxylic acids is 2. The molecule has 1 atom stereocenters. The Labute approximate surface area is 174 Å². The van der Waals surface area contributed by atoms with Crippen LogP contribution in [0.5, 0.6) is 0 Å². The van der Waals surface area contributed by atoms with Gasteiger partial charge in [0, 0.05) is 16.9 Å². The van der Waals surface area contributed by atoms with E-state index in [0.29, 0.717) is 11.3 Å². The van der Waals surface area contributed by atoms with E-state index in [0.717, 1.165) is 28.1 Å². The quantitative estimate of drug-likeness (QED) is 0.641. The molecule has 0 bridgehead atoms. The van der Waals surface area contributed by atoms with Gasteiger partial charge >= 0.3 is 0 Å². The van der Waals surface area contributed by atoms with Crippen LogP contribution in [0.25, 0.3) is 0 Å². The zero-order chi connectivity index (χ0) is 20.4. The normalized spacial score (nSPS) is 16.1. The van der Waals surface area contributed by atoms with E-state index in [1.807, 2.05) is 91.5 Å². The van der Waals surface area contributed by atoms with Crippen molar-refractivity contribution in [2.75, 3.05) is 16.0 Å². The highest BCUT2D eigenvalue weighted by atomic mass is 32.2. The molecule has 146 valence electrons. The van der Waals surface area contributed by atoms with E-state index in [1.165, 1.54) is 0 Å². The zero-order valence-electron chi connectivity index (χ0n) is 16.4. The number of rotatable bonds is 4. The Morgan fingerprint density at radius 2 is 1.69 bits per heavy atom. The number of benzene rings is 3. The van der Waals surface area contributed by atoms with Crippen LogP contribution in [0.2, 0.25) is 0 Å². The minimum atomic E-state index is -0.135. The summed E-state index contributed by atoms with van der Waals surface area (Å²) in [6.45, 7) is 4.02. The summed E-state index contributed by atoms with van der Waals surface area (Å²) in [4.78, 5) is 26.8. The summed E-state index contributed by atoms with van der Waals surface area (Å²) >= 11 is 1.62. The van der Waals surface area contributed by atoms with E-state index < -0.39 is 0 Å². The lowest BCUT2D eigenvalue weighted by molar-refractivity contribution is -0.115. The molecule has 0 aromatic heterocycles. The Hall–Kier alpha value is -3.05. The average molecular weight is 403 g/mol. The first-order valence-electron chi connectivity index (χ1n) is 9.49. The fourth-order valence-electron chi connectivity index (χ4n) is 3.37. The molecule has 1 heterocycles. The smallest absolute Gasteiger partial charge is 0.255 e. The second-order valence-electron chi connectivity index (χ2n) is 7.21. The summed E-state index contributed by atoms with van der Waals surface area (Å²) in [5.41, 5.74) is 5.56. The Morgan fingerprint density at radius 1 is 0.966 bits per heavy atom. The molecule has 4 rings (SSSR count). The molecular formula is C24H22N2O2S. The van der Waals surface area contributed by atoms with Crippen LogP contribution in [0.4, 0.5) is 11.4 Å². The third-order valence-electron chi connectivity index (χ3n) is 4.92. The second-order valence-corrected chi connectivity index (χ2v) is 8.28. The Bertz CT molecular complexity index is 1050. The van der Waals surface area contributed by atoms with E-state index in [9.17, 15) is 9.59 Å². The van der Waals surface area contributed by atoms with Gasteiger partial charge in [0.15, 0.2) is 0 Å². The fraction of sp³-hybridized carbons (Fsp3) is 0.167. The van der Waals surface area contributed by atoms with Crippen LogP contribution in [-0.4, -0.2) is 17.6 Å². The van der Waals surface area contributed by atoms with Crippen molar-refractivity contribution in [3.05, 3.63) is 95.1 Å². The molecule has 0 radical (unpaired) electrons. The van der Waals surface area contributed by atoms with Gasteiger partial charge in [0.1, 0.15) is 5.37 Å². The Kier molecular flexibility index (Phi) is 5.41. The summed E-state index contributed by atoms with van der Waals surface area (Å²) in [5, 5.41) is 2.86. The number of anilines is 2. The molecule has 1 N–H and O–H groups in total. The first-order valence-corrected chi connectivity index (χ1v) is 10.5. The van der Waals surface area contributed by atoms with Gasteiger partial charge in [-0.15, -0.1) is 11.8 Å². The lowest BCUT2D eigenvalue weighted by Crippen LogP contribution is -2.27. The van der Waals surface area contributed by atoms with Gasteiger partial charge in [-0.3, -0.25) is 14.5 Å². The van der Waals surface area contributed by atoms with Gasteiger partial charge in [-0.25, -0.2) is 0 Å². The van der Waals surface area contributed by atoms with Crippen molar-refractivity contribution in [3.8, 4) is 0 Å². The number of nitrogens with zero attached hydrogens (tertiary/aromatic N) is 1. The third-order valence-corrected chi connectivity index (χ3v) is 6.13. The number of amides is 2. The molecule has 0 saturated carbocycles. The molecule has 4 nitrogen and oxygen atoms in total. The summed E-state index contributed by atoms with van der Waals surface area (Å²) in [6, 6.07) is 23.2. The summed E-state index contributed by atoms with van der Waals surface area (Å²) in [5.74, 6) is 0.441. The van der Waals surface area contributed by atoms with Crippen LogP contribution in [0.15, 0.2) is 72.8 Å². The Morgan fingerprint density at radius 3 is 2.38 bits per heavy atom. The summed E-state index contributed by atoms with van der Waals surface area (Å²) < 4.78 is 0. The van der Waals surface area contributed by atoms with E-state index >= 15 is 0 Å². The average Bonchev–Trinajstić information content (AvgIpc) is 3.10. The van der Waals surface area contributed by atoms with Crippen molar-refractivity contribution >= 4 is 35.0 Å². The number of nitrogens with one attached hydrogen (secondary N) is 1. The SMILES string of the molecule is Cc1ccc(C(=O)Nc2ccc([C@H]3SCC(=O)N3c3cccc(C)c3)cc2)cc1. The molecule has 3 aromatic rings. The molecule has 1 fully saturated rings. The van der Waals surface area contributed by atoms with Gasteiger partial charge in [-0.1, -0.05) is 42.0 Å². The molecule has 1 aliphatic heterocycles. The van der Waals surface area contributed by atoms with Crippen LogP contribution in [-0.2, 0) is 4.79 Å². The van der Waals surface area contributed by atoms with Crippen molar-refractivity contribution in [1.82, 2.24) is 0 Å². The number of carbonyl (C=O) groups is 2. The second kappa shape index (κ2) is 8.13. The van der Waals surface area contributed by atoms with Gasteiger partial charge < -0.3 is 5.32 Å². The zero-order valence-corrected chi connectivity index (χ0v) is 17.2. The maximum absolute atomic E-state index is 12.5. The third kappa shape index (κ3) is 4.20. The topological polar surface area (TPSA) is 49.4 Å². The van der Waals surface area contributed by atoms with E-state index in [2.05, 4.69) is 5.32 Å². The number of hydrogen-bond donors (Lipinski definition) is 1. The van der Waals surface area contributed by atoms with Crippen LogP contribution < -0.4 is 10.2 Å². The fourth-order valence-corrected chi connectivity index (χ4v) is 4.54. The molecule has 1 saturated heterocycles. The molecule has 1 aliphatic rings. The molecular weight excluding hydrogens is 380 g/mol. The summed E-state index contributed by atoms with van der Waals surface area (Å²) in [7, 11) is 0. The van der Waals surface area contributed by atoms with Gasteiger partial charge in [-0.05, 0) is 61.4 Å². The molecule has 0 unspecified atom stereocenters. The Balaban J connectivity index is 1.51. The number of aryl methyl sites for hydroxylation is 2. The van der Waals surface area contributed by atoms with E-state index in [1.54, 1.807) is 11.8 Å². The predicted octanol–water partition coefficient (Wildman–Crippen LogP) is 5.33. The molecule has 29 heavy (non-hydrogen) atoms. The van der Waals surface area contributed by atoms with Crippen LogP contribution in [0.3, 0.4) is 0 Å². The lowest BCUT2D eigenvalue weighted by Gasteiger charge is -2.25. The van der Waals surface area contributed by atoms with Crippen molar-refractivity contribution < 1.29 is 9.59 Å². The van der Waals surface area contributed by atoms with Crippen LogP contribution >= 0.6 is 11.8 Å². The highest BCUT2D eigenvalue weighted by Crippen LogP contribution is 2.42. The first-order chi connectivity index (χ1) is 14.0. The monoisotopic (exact) mass is 402 g/mol. The van der Waals surface area contributed by atoms with Crippen molar-refractivity contribution in [2.24, 2.45) is 0 Å². The predicted molar refractivity (Wildman–Crippen MR) is 119 cm³/mol. The van der Waals surface area contributed by atoms with Crippen LogP contribution in [0, 0.1) is 13.8 Å². The molecule has 2 amide bonds. The van der Waals surface area contributed by atoms with Gasteiger partial charge in [0.05, 0.1) is 5.75 Å². The summed E-state index contributed by atoms with van der Waals surface area (Å²) in [6.07, 6.45) is 0. The highest BCUT2D eigenvalue weighted by molar-refractivity contribution is 8.00. The highest BCUT2D eigenvalue weighted by Gasteiger charge is 2.34. The minimum absolute atomic E-state index is 0.0637. The van der Waals surface area contributed by atoms with Crippen molar-refractivity contribution in [2.45, 2.75) is 19.2 Å². The largest absolute Gasteiger partial charge is 0.322 e. The number of hydrogen-bond acceptors (Lipinski definition) is 3. The van der Waals surface area contributed by atoms with Crippen molar-refractivity contribution in [3.63, 3.8) is 0 Å². The van der Waals surface area contributed by atoms with Gasteiger partial charge in [0.2, 0.25) is 5.91 Å². The van der Waals surface area contributed by atoms with E-state index in [4.69, 9.17) is 0 Å². The van der Waals surface area contributed by atoms with E-state index in [-0.39, 0.29) is 17.2 Å². The molecule has 0 aliphatic carbocycles. The molecule has 3 aromatic carbocycles. The number of thioether (sulfide) groups is 1. The maximum atomic E-state index is 12.5. The minimum Gasteiger partial charge on any atom is -0.322 e. The lowest BCUT2D eigenvalue weighted by atomic mass is 10.1.